The average Bonchev–Trinajstić information content (AvgIpc) is 3.36. The molecule has 10 heteroatoms. The molecule has 160 valence electrons. The third-order valence-corrected chi connectivity index (χ3v) is 5.86. The van der Waals surface area contributed by atoms with Gasteiger partial charge >= 0.3 is 5.97 Å². The largest absolute Gasteiger partial charge is 0.464 e. The normalized spacial score (nSPS) is 19.7. The van der Waals surface area contributed by atoms with Crippen LogP contribution in [-0.4, -0.2) is 46.4 Å². The van der Waals surface area contributed by atoms with Gasteiger partial charge in [0.05, 0.1) is 40.5 Å². The zero-order valence-electron chi connectivity index (χ0n) is 17.0. The second-order valence-corrected chi connectivity index (χ2v) is 8.00. The lowest BCUT2D eigenvalue weighted by Gasteiger charge is -2.14. The Bertz CT molecular complexity index is 798. The number of nitrogen functional groups attached to an aromatic ring is 1. The highest BCUT2D eigenvalue weighted by atomic mass is 31.1. The first kappa shape index (κ1) is 21.9. The average molecular weight is 423 g/mol. The molecule has 0 radical (unpaired) electrons. The Morgan fingerprint density at radius 2 is 2.24 bits per heavy atom. The Hall–Kier alpha value is -1.80. The molecule has 2 aromatic heterocycles. The summed E-state index contributed by atoms with van der Waals surface area (Å²) in [5, 5.41) is 7.25. The van der Waals surface area contributed by atoms with E-state index in [1.165, 1.54) is 6.33 Å². The van der Waals surface area contributed by atoms with Gasteiger partial charge in [0.1, 0.15) is 17.9 Å². The van der Waals surface area contributed by atoms with E-state index in [0.29, 0.717) is 24.9 Å². The van der Waals surface area contributed by atoms with Crippen LogP contribution in [0.5, 0.6) is 0 Å². The predicted molar refractivity (Wildman–Crippen MR) is 112 cm³/mol. The monoisotopic (exact) mass is 423 g/mol. The number of hydrogen-bond donors (Lipinski definition) is 2. The number of carbonyl (C=O) groups is 1. The van der Waals surface area contributed by atoms with E-state index < -0.39 is 0 Å². The van der Waals surface area contributed by atoms with E-state index in [2.05, 4.69) is 29.0 Å². The van der Waals surface area contributed by atoms with Gasteiger partial charge in [-0.2, -0.15) is 5.10 Å². The minimum absolute atomic E-state index is 0.0147. The quantitative estimate of drug-likeness (QED) is 0.322. The fourth-order valence-corrected chi connectivity index (χ4v) is 3.93. The van der Waals surface area contributed by atoms with Crippen molar-refractivity contribution in [2.75, 3.05) is 25.5 Å². The standard InChI is InChI=1S/C19H30N5O4P/c1-3-13(4-2)10-26-18(25)9-23-29-27-11-14-5-8-17(28-14)15-6-7-16-19(20)21-12-22-24(15)16/h6-7,12-14,17,23,29H,3-5,8-11H2,1-2H3,(H2,20,21,22)/t14?,17-/m1/s1. The summed E-state index contributed by atoms with van der Waals surface area (Å²) in [4.78, 5) is 15.7. The van der Waals surface area contributed by atoms with Gasteiger partial charge in [0.2, 0.25) is 0 Å². The number of nitrogens with two attached hydrogens (primary N) is 1. The molecule has 1 aliphatic rings. The van der Waals surface area contributed by atoms with Crippen LogP contribution in [0.1, 0.15) is 51.3 Å². The van der Waals surface area contributed by atoms with Crippen molar-refractivity contribution in [1.82, 2.24) is 19.7 Å². The summed E-state index contributed by atoms with van der Waals surface area (Å²) in [6.45, 7) is 5.33. The maximum Gasteiger partial charge on any atom is 0.320 e. The first-order chi connectivity index (χ1) is 14.1. The van der Waals surface area contributed by atoms with Crippen molar-refractivity contribution in [1.29, 1.82) is 0 Å². The molecule has 3 atom stereocenters. The number of hydrogen-bond acceptors (Lipinski definition) is 8. The minimum Gasteiger partial charge on any atom is -0.464 e. The van der Waals surface area contributed by atoms with Crippen molar-refractivity contribution in [3.8, 4) is 0 Å². The number of anilines is 1. The summed E-state index contributed by atoms with van der Waals surface area (Å²) in [5.74, 6) is 0.645. The molecule has 1 fully saturated rings. The first-order valence-electron chi connectivity index (χ1n) is 10.1. The zero-order valence-corrected chi connectivity index (χ0v) is 18.0. The molecule has 0 saturated carbocycles. The van der Waals surface area contributed by atoms with Gasteiger partial charge in [-0.25, -0.2) is 9.50 Å². The van der Waals surface area contributed by atoms with Gasteiger partial charge in [-0.1, -0.05) is 26.7 Å². The topological polar surface area (TPSA) is 113 Å². The SMILES string of the molecule is CCC(CC)COC(=O)CNPOCC1CC[C@H](c2ccc3c(N)ncnn23)O1. The Labute approximate surface area is 172 Å². The van der Waals surface area contributed by atoms with Crippen molar-refractivity contribution < 1.29 is 18.8 Å². The van der Waals surface area contributed by atoms with Crippen LogP contribution >= 0.6 is 8.96 Å². The van der Waals surface area contributed by atoms with Crippen LogP contribution in [0.2, 0.25) is 0 Å². The summed E-state index contributed by atoms with van der Waals surface area (Å²) < 4.78 is 18.8. The van der Waals surface area contributed by atoms with E-state index in [9.17, 15) is 4.79 Å². The smallest absolute Gasteiger partial charge is 0.320 e. The fourth-order valence-electron chi connectivity index (χ4n) is 3.34. The number of esters is 1. The highest BCUT2D eigenvalue weighted by molar-refractivity contribution is 7.29. The molecule has 29 heavy (non-hydrogen) atoms. The molecule has 3 rings (SSSR count). The Morgan fingerprint density at radius 1 is 1.41 bits per heavy atom. The van der Waals surface area contributed by atoms with E-state index >= 15 is 0 Å². The summed E-state index contributed by atoms with van der Waals surface area (Å²) in [7, 11) is 0.0255. The van der Waals surface area contributed by atoms with Gasteiger partial charge in [-0.15, -0.1) is 0 Å². The highest BCUT2D eigenvalue weighted by Crippen LogP contribution is 2.34. The van der Waals surface area contributed by atoms with Crippen LogP contribution in [0, 0.1) is 5.92 Å². The van der Waals surface area contributed by atoms with Crippen molar-refractivity contribution in [3.05, 3.63) is 24.2 Å². The lowest BCUT2D eigenvalue weighted by molar-refractivity contribution is -0.143. The van der Waals surface area contributed by atoms with Gasteiger partial charge in [0, 0.05) is 0 Å². The molecule has 0 bridgehead atoms. The van der Waals surface area contributed by atoms with E-state index in [1.807, 2.05) is 12.1 Å². The van der Waals surface area contributed by atoms with E-state index in [1.54, 1.807) is 4.52 Å². The Morgan fingerprint density at radius 3 is 3.03 bits per heavy atom. The van der Waals surface area contributed by atoms with Gasteiger partial charge in [0.15, 0.2) is 5.82 Å². The van der Waals surface area contributed by atoms with Crippen LogP contribution in [0.25, 0.3) is 5.52 Å². The van der Waals surface area contributed by atoms with Crippen LogP contribution in [0.15, 0.2) is 18.5 Å². The summed E-state index contributed by atoms with van der Waals surface area (Å²) in [6.07, 6.45) is 5.25. The van der Waals surface area contributed by atoms with Crippen molar-refractivity contribution in [2.24, 2.45) is 5.92 Å². The molecule has 2 aromatic rings. The summed E-state index contributed by atoms with van der Waals surface area (Å²) in [6, 6.07) is 3.89. The number of nitrogens with zero attached hydrogens (tertiary/aromatic N) is 3. The number of carbonyl (C=O) groups excluding carboxylic acids is 1. The third kappa shape index (κ3) is 5.85. The summed E-state index contributed by atoms with van der Waals surface area (Å²) >= 11 is 0. The number of nitrogens with one attached hydrogen (secondary N) is 1. The van der Waals surface area contributed by atoms with Gasteiger partial charge in [-0.05, 0) is 30.9 Å². The van der Waals surface area contributed by atoms with Gasteiger partial charge in [-0.3, -0.25) is 9.88 Å². The molecule has 0 aliphatic carbocycles. The number of ether oxygens (including phenoxy) is 2. The molecule has 0 aromatic carbocycles. The van der Waals surface area contributed by atoms with E-state index in [0.717, 1.165) is 36.9 Å². The zero-order chi connectivity index (χ0) is 20.6. The number of aromatic nitrogens is 3. The van der Waals surface area contributed by atoms with Crippen LogP contribution < -0.4 is 10.8 Å². The number of fused-ring (bicyclic) bond motifs is 1. The van der Waals surface area contributed by atoms with Gasteiger partial charge < -0.3 is 19.7 Å². The molecule has 0 spiro atoms. The van der Waals surface area contributed by atoms with Gasteiger partial charge in [0.25, 0.3) is 0 Å². The first-order valence-corrected chi connectivity index (χ1v) is 11.0. The van der Waals surface area contributed by atoms with Crippen LogP contribution in [0.4, 0.5) is 5.82 Å². The lowest BCUT2D eigenvalue weighted by Crippen LogP contribution is -2.22. The highest BCUT2D eigenvalue weighted by Gasteiger charge is 2.29. The Balaban J connectivity index is 1.34. The molecule has 3 N–H and O–H groups in total. The number of rotatable bonds is 11. The molecule has 1 aliphatic heterocycles. The second kappa shape index (κ2) is 10.8. The van der Waals surface area contributed by atoms with Crippen molar-refractivity contribution in [3.63, 3.8) is 0 Å². The lowest BCUT2D eigenvalue weighted by atomic mass is 10.1. The maximum absolute atomic E-state index is 11.7. The molecule has 3 heterocycles. The molecule has 0 amide bonds. The summed E-state index contributed by atoms with van der Waals surface area (Å²) in [5.41, 5.74) is 7.64. The molecular weight excluding hydrogens is 393 g/mol. The van der Waals surface area contributed by atoms with Crippen LogP contribution in [0.3, 0.4) is 0 Å². The van der Waals surface area contributed by atoms with E-state index in [4.69, 9.17) is 19.7 Å². The molecule has 9 nitrogen and oxygen atoms in total. The molecule has 1 saturated heterocycles. The third-order valence-electron chi connectivity index (χ3n) is 5.23. The van der Waals surface area contributed by atoms with Crippen molar-refractivity contribution in [2.45, 2.75) is 51.7 Å². The van der Waals surface area contributed by atoms with E-state index in [-0.39, 0.29) is 33.7 Å². The fraction of sp³-hybridized carbons (Fsp3) is 0.632. The maximum atomic E-state index is 11.7. The molecule has 2 unspecified atom stereocenters. The predicted octanol–water partition coefficient (Wildman–Crippen LogP) is 2.63. The van der Waals surface area contributed by atoms with Crippen LogP contribution in [-0.2, 0) is 18.8 Å². The Kier molecular flexibility index (Phi) is 8.18. The molecular formula is C19H30N5O4P. The minimum atomic E-state index is -0.244. The van der Waals surface area contributed by atoms with Crippen molar-refractivity contribution >= 4 is 26.3 Å². The second-order valence-electron chi connectivity index (χ2n) is 7.16.